The van der Waals surface area contributed by atoms with E-state index < -0.39 is 0 Å². The zero-order valence-electron chi connectivity index (χ0n) is 6.34. The Kier molecular flexibility index (Phi) is 3.54. The fourth-order valence-electron chi connectivity index (χ4n) is 0.358. The predicted molar refractivity (Wildman–Crippen MR) is 40.2 cm³/mol. The summed E-state index contributed by atoms with van der Waals surface area (Å²) in [7, 11) is 8.38. The third kappa shape index (κ3) is 2.61. The van der Waals surface area contributed by atoms with Gasteiger partial charge in [0.15, 0.2) is 0 Å². The first-order valence-corrected chi connectivity index (χ1v) is 4.33. The van der Waals surface area contributed by atoms with Crippen LogP contribution in [-0.4, -0.2) is 44.2 Å². The molecule has 0 N–H and O–H groups in total. The first kappa shape index (κ1) is 8.35. The molecule has 0 aromatic rings. The molecule has 0 spiro atoms. The molecule has 0 saturated heterocycles. The summed E-state index contributed by atoms with van der Waals surface area (Å²) in [6.07, 6.45) is 0. The topological polar surface area (TPSA) is 6.48 Å². The molecule has 0 atom stereocenters. The average molecular weight is 134 g/mol. The Labute approximate surface area is 53.3 Å². The smallest absolute Gasteiger partial charge is 0.0351 e. The summed E-state index contributed by atoms with van der Waals surface area (Å²) in [5.41, 5.74) is 0. The molecule has 0 fully saturated rings. The molecule has 0 aliphatic heterocycles. The first-order valence-electron chi connectivity index (χ1n) is 2.64. The van der Waals surface area contributed by atoms with Crippen LogP contribution < -0.4 is 0 Å². The second-order valence-corrected chi connectivity index (χ2v) is 4.76. The summed E-state index contributed by atoms with van der Waals surface area (Å²) in [4.78, 5) is 0. The van der Waals surface area contributed by atoms with Gasteiger partial charge in [-0.3, -0.25) is 9.34 Å². The standard InChI is InChI=1S/C5H15N2P/c1-6(2)8(5)7(3)4/h1-5H3. The van der Waals surface area contributed by atoms with Gasteiger partial charge >= 0.3 is 0 Å². The zero-order valence-corrected chi connectivity index (χ0v) is 7.24. The molecule has 8 heavy (non-hydrogen) atoms. The molecular formula is C5H15N2P. The van der Waals surface area contributed by atoms with E-state index in [2.05, 4.69) is 44.2 Å². The van der Waals surface area contributed by atoms with Crippen LogP contribution in [0.5, 0.6) is 0 Å². The van der Waals surface area contributed by atoms with Gasteiger partial charge in [0.2, 0.25) is 0 Å². The van der Waals surface area contributed by atoms with Crippen LogP contribution in [0.25, 0.3) is 0 Å². The maximum atomic E-state index is 2.23. The van der Waals surface area contributed by atoms with E-state index in [4.69, 9.17) is 0 Å². The average Bonchev–Trinajstić information content (AvgIpc) is 1.64. The highest BCUT2D eigenvalue weighted by Gasteiger charge is 2.03. The minimum absolute atomic E-state index is 0.0319. The van der Waals surface area contributed by atoms with Gasteiger partial charge in [-0.05, 0) is 34.9 Å². The van der Waals surface area contributed by atoms with Crippen molar-refractivity contribution in [1.29, 1.82) is 0 Å². The zero-order chi connectivity index (χ0) is 6.73. The molecule has 0 radical (unpaired) electrons. The molecule has 0 unspecified atom stereocenters. The Morgan fingerprint density at radius 3 is 1.12 bits per heavy atom. The predicted octanol–water partition coefficient (Wildman–Crippen LogP) is 1.05. The van der Waals surface area contributed by atoms with Gasteiger partial charge in [0, 0.05) is 8.22 Å². The van der Waals surface area contributed by atoms with Crippen molar-refractivity contribution in [2.45, 2.75) is 0 Å². The lowest BCUT2D eigenvalue weighted by Crippen LogP contribution is -2.15. The fourth-order valence-corrected chi connectivity index (χ4v) is 1.07. The second-order valence-electron chi connectivity index (χ2n) is 2.18. The maximum Gasteiger partial charge on any atom is 0.0351 e. The van der Waals surface area contributed by atoms with Crippen LogP contribution in [0.2, 0.25) is 0 Å². The largest absolute Gasteiger partial charge is 0.276 e. The highest BCUT2D eigenvalue weighted by atomic mass is 31.1. The van der Waals surface area contributed by atoms with Gasteiger partial charge in [0.1, 0.15) is 0 Å². The Bertz CT molecular complexity index is 55.4. The molecule has 0 heterocycles. The molecule has 0 aliphatic rings. The highest BCUT2D eigenvalue weighted by molar-refractivity contribution is 7.51. The minimum atomic E-state index is -0.0319. The van der Waals surface area contributed by atoms with Gasteiger partial charge in [-0.25, -0.2) is 0 Å². The van der Waals surface area contributed by atoms with Gasteiger partial charge in [-0.1, -0.05) is 0 Å². The lowest BCUT2D eigenvalue weighted by molar-refractivity contribution is 0.580. The number of nitrogens with zero attached hydrogens (tertiary/aromatic N) is 2. The van der Waals surface area contributed by atoms with Crippen LogP contribution in [0.15, 0.2) is 0 Å². The van der Waals surface area contributed by atoms with Crippen LogP contribution in [0, 0.1) is 0 Å². The van der Waals surface area contributed by atoms with Gasteiger partial charge in [-0.15, -0.1) is 0 Å². The SMILES string of the molecule is CN(C)P(C)N(C)C. The summed E-state index contributed by atoms with van der Waals surface area (Å²) in [5, 5.41) is 0. The monoisotopic (exact) mass is 134 g/mol. The summed E-state index contributed by atoms with van der Waals surface area (Å²) < 4.78 is 4.46. The van der Waals surface area contributed by atoms with Crippen molar-refractivity contribution in [3.8, 4) is 0 Å². The lowest BCUT2D eigenvalue weighted by atomic mass is 11.3. The molecule has 0 saturated carbocycles. The third-order valence-electron chi connectivity index (χ3n) is 1.16. The van der Waals surface area contributed by atoms with E-state index in [0.29, 0.717) is 0 Å². The highest BCUT2D eigenvalue weighted by Crippen LogP contribution is 2.33. The van der Waals surface area contributed by atoms with Crippen LogP contribution in [0.1, 0.15) is 0 Å². The summed E-state index contributed by atoms with van der Waals surface area (Å²) >= 11 is 0. The van der Waals surface area contributed by atoms with E-state index in [1.165, 1.54) is 0 Å². The second kappa shape index (κ2) is 3.39. The Morgan fingerprint density at radius 1 is 0.875 bits per heavy atom. The van der Waals surface area contributed by atoms with Crippen LogP contribution in [-0.2, 0) is 0 Å². The molecule has 2 nitrogen and oxygen atoms in total. The molecule has 0 aliphatic carbocycles. The summed E-state index contributed by atoms with van der Waals surface area (Å²) in [6.45, 7) is 2.23. The third-order valence-corrected chi connectivity index (χ3v) is 3.47. The quantitative estimate of drug-likeness (QED) is 0.521. The molecule has 3 heteroatoms. The van der Waals surface area contributed by atoms with E-state index in [1.807, 2.05) is 0 Å². The number of hydrogen-bond donors (Lipinski definition) is 0. The first-order chi connectivity index (χ1) is 3.55. The minimum Gasteiger partial charge on any atom is -0.276 e. The molecule has 0 aromatic carbocycles. The Balaban J connectivity index is 3.46. The molecule has 0 aromatic heterocycles. The van der Waals surface area contributed by atoms with E-state index in [0.717, 1.165) is 0 Å². The van der Waals surface area contributed by atoms with Crippen molar-refractivity contribution in [3.63, 3.8) is 0 Å². The number of hydrogen-bond acceptors (Lipinski definition) is 2. The summed E-state index contributed by atoms with van der Waals surface area (Å²) in [6, 6.07) is 0. The van der Waals surface area contributed by atoms with Crippen LogP contribution >= 0.6 is 8.22 Å². The van der Waals surface area contributed by atoms with Crippen LogP contribution in [0.3, 0.4) is 0 Å². The van der Waals surface area contributed by atoms with Crippen LogP contribution in [0.4, 0.5) is 0 Å². The molecule has 0 rings (SSSR count). The van der Waals surface area contributed by atoms with Crippen molar-refractivity contribution in [3.05, 3.63) is 0 Å². The van der Waals surface area contributed by atoms with Gasteiger partial charge in [0.05, 0.1) is 0 Å². The molecule has 0 bridgehead atoms. The van der Waals surface area contributed by atoms with Gasteiger partial charge < -0.3 is 0 Å². The van der Waals surface area contributed by atoms with E-state index >= 15 is 0 Å². The van der Waals surface area contributed by atoms with Gasteiger partial charge in [0.25, 0.3) is 0 Å². The van der Waals surface area contributed by atoms with Crippen molar-refractivity contribution in [1.82, 2.24) is 9.34 Å². The lowest BCUT2D eigenvalue weighted by Gasteiger charge is -2.25. The number of rotatable bonds is 2. The van der Waals surface area contributed by atoms with Gasteiger partial charge in [-0.2, -0.15) is 0 Å². The van der Waals surface area contributed by atoms with E-state index in [-0.39, 0.29) is 8.22 Å². The van der Waals surface area contributed by atoms with Crippen molar-refractivity contribution in [2.75, 3.05) is 34.9 Å². The molecular weight excluding hydrogens is 119 g/mol. The molecule has 0 amide bonds. The van der Waals surface area contributed by atoms with Crippen molar-refractivity contribution >= 4 is 8.22 Å². The Hall–Kier alpha value is 0.350. The Morgan fingerprint density at radius 2 is 1.12 bits per heavy atom. The van der Waals surface area contributed by atoms with Crippen molar-refractivity contribution < 1.29 is 0 Å². The summed E-state index contributed by atoms with van der Waals surface area (Å²) in [5.74, 6) is 0. The van der Waals surface area contributed by atoms with E-state index in [9.17, 15) is 0 Å². The molecule has 50 valence electrons. The van der Waals surface area contributed by atoms with E-state index in [1.54, 1.807) is 0 Å². The normalized spacial score (nSPS) is 12.0. The van der Waals surface area contributed by atoms with Crippen molar-refractivity contribution in [2.24, 2.45) is 0 Å². The maximum absolute atomic E-state index is 2.23. The fraction of sp³-hybridized carbons (Fsp3) is 1.00.